The average molecular weight is 186 g/mol. The van der Waals surface area contributed by atoms with Gasteiger partial charge in [-0.25, -0.2) is 0 Å². The van der Waals surface area contributed by atoms with Crippen molar-refractivity contribution in [1.82, 2.24) is 0 Å². The zero-order chi connectivity index (χ0) is 11.0. The van der Waals surface area contributed by atoms with Gasteiger partial charge in [0.2, 0.25) is 0 Å². The molecule has 13 heavy (non-hydrogen) atoms. The minimum absolute atomic E-state index is 0.191. The molecule has 0 aromatic rings. The van der Waals surface area contributed by atoms with Gasteiger partial charge in [-0.2, -0.15) is 0 Å². The van der Waals surface area contributed by atoms with Crippen LogP contribution < -0.4 is 0 Å². The topological polar surface area (TPSA) is 35.5 Å². The van der Waals surface area contributed by atoms with E-state index in [1.807, 2.05) is 27.7 Å². The number of hydrogen-bond donors (Lipinski definition) is 0. The lowest BCUT2D eigenvalue weighted by molar-refractivity contribution is -0.107. The van der Waals surface area contributed by atoms with Crippen molar-refractivity contribution in [2.75, 3.05) is 0 Å². The second-order valence-corrected chi connectivity index (χ2v) is 4.37. The molecule has 0 aromatic carbocycles. The molecule has 0 atom stereocenters. The lowest BCUT2D eigenvalue weighted by Gasteiger charge is -2.32. The average Bonchev–Trinajstić information content (AvgIpc) is 2.17. The van der Waals surface area contributed by atoms with Crippen molar-refractivity contribution in [3.05, 3.63) is 0 Å². The van der Waals surface area contributed by atoms with E-state index in [1.165, 1.54) is 0 Å². The van der Waals surface area contributed by atoms with E-state index in [9.17, 15) is 4.79 Å². The monoisotopic (exact) mass is 186 g/mol. The summed E-state index contributed by atoms with van der Waals surface area (Å²) in [5, 5.41) is 0. The molecule has 0 N–H and O–H groups in total. The summed E-state index contributed by atoms with van der Waals surface area (Å²) in [6, 6.07) is 0. The molecule has 3 nitrogen and oxygen atoms in total. The SMILES string of the molecule is [3H]C(=O)CCB1OC(C)(C)C(C)(C)O1. The summed E-state index contributed by atoms with van der Waals surface area (Å²) in [7, 11) is -0.353. The number of carbonyl (C=O) groups is 1. The summed E-state index contributed by atoms with van der Waals surface area (Å²) < 4.78 is 18.1. The Hall–Kier alpha value is -0.345. The molecule has 0 radical (unpaired) electrons. The standard InChI is InChI=1S/C9H17BO3/c1-8(2)9(3,4)13-10(12-8)6-5-7-11/h7H,5-6H2,1-4H3/i7T. The van der Waals surface area contributed by atoms with Crippen LogP contribution in [0.3, 0.4) is 0 Å². The minimum Gasteiger partial charge on any atom is -0.403 e. The third kappa shape index (κ3) is 2.12. The van der Waals surface area contributed by atoms with E-state index >= 15 is 0 Å². The third-order valence-corrected chi connectivity index (χ3v) is 2.78. The molecule has 4 heteroatoms. The first-order valence-electron chi connectivity index (χ1n) is 5.10. The molecule has 1 aliphatic rings. The molecule has 0 saturated carbocycles. The second kappa shape index (κ2) is 3.43. The Kier molecular flexibility index (Phi) is 2.43. The molecular formula is C9H17BO3. The maximum absolute atomic E-state index is 10.5. The fraction of sp³-hybridized carbons (Fsp3) is 0.889. The largest absolute Gasteiger partial charge is 0.458 e. The summed E-state index contributed by atoms with van der Waals surface area (Å²) in [5.41, 5.74) is -0.689. The number of aldehydes is 1. The van der Waals surface area contributed by atoms with Crippen molar-refractivity contribution in [2.45, 2.75) is 51.6 Å². The van der Waals surface area contributed by atoms with Crippen LogP contribution in [-0.2, 0) is 14.1 Å². The van der Waals surface area contributed by atoms with Gasteiger partial charge in [-0.05, 0) is 34.0 Å². The van der Waals surface area contributed by atoms with Crippen LogP contribution in [0.4, 0.5) is 0 Å². The Morgan fingerprint density at radius 2 is 1.77 bits per heavy atom. The predicted octanol–water partition coefficient (Wildman–Crippen LogP) is 1.67. The van der Waals surface area contributed by atoms with Crippen molar-refractivity contribution in [3.8, 4) is 0 Å². The molecule has 0 aliphatic carbocycles. The van der Waals surface area contributed by atoms with Gasteiger partial charge in [-0.3, -0.25) is 0 Å². The van der Waals surface area contributed by atoms with Gasteiger partial charge in [0.1, 0.15) is 7.63 Å². The van der Waals surface area contributed by atoms with Crippen LogP contribution in [0.2, 0.25) is 6.32 Å². The van der Waals surface area contributed by atoms with E-state index in [1.54, 1.807) is 0 Å². The van der Waals surface area contributed by atoms with E-state index in [2.05, 4.69) is 0 Å². The van der Waals surface area contributed by atoms with Crippen LogP contribution in [0.25, 0.3) is 0 Å². The molecule has 1 saturated heterocycles. The zero-order valence-corrected chi connectivity index (χ0v) is 8.72. The van der Waals surface area contributed by atoms with Gasteiger partial charge in [-0.1, -0.05) is 0 Å². The minimum atomic E-state index is -0.570. The lowest BCUT2D eigenvalue weighted by Crippen LogP contribution is -2.41. The molecular weight excluding hydrogens is 167 g/mol. The van der Waals surface area contributed by atoms with E-state index in [0.717, 1.165) is 0 Å². The maximum atomic E-state index is 10.5. The van der Waals surface area contributed by atoms with Crippen molar-refractivity contribution in [2.24, 2.45) is 0 Å². The number of hydrogen-bond acceptors (Lipinski definition) is 3. The summed E-state index contributed by atoms with van der Waals surface area (Å²) in [5.74, 6) is 0. The normalized spacial score (nSPS) is 25.8. The molecule has 1 fully saturated rings. The third-order valence-electron chi connectivity index (χ3n) is 2.78. The summed E-state index contributed by atoms with van der Waals surface area (Å²) >= 11 is 0. The molecule has 1 aliphatic heterocycles. The fourth-order valence-electron chi connectivity index (χ4n) is 1.26. The molecule has 0 aromatic heterocycles. The van der Waals surface area contributed by atoms with Crippen LogP contribution in [0, 0.1) is 0 Å². The van der Waals surface area contributed by atoms with Gasteiger partial charge in [0.15, 0.2) is 0 Å². The quantitative estimate of drug-likeness (QED) is 0.496. The van der Waals surface area contributed by atoms with Gasteiger partial charge in [0.05, 0.1) is 11.2 Å². The molecule has 0 amide bonds. The van der Waals surface area contributed by atoms with Gasteiger partial charge in [0.25, 0.3) is 0 Å². The van der Waals surface area contributed by atoms with Crippen molar-refractivity contribution in [3.63, 3.8) is 0 Å². The van der Waals surface area contributed by atoms with Crippen molar-refractivity contribution >= 4 is 13.4 Å². The van der Waals surface area contributed by atoms with Gasteiger partial charge in [-0.15, -0.1) is 0 Å². The Morgan fingerprint density at radius 3 is 2.15 bits per heavy atom. The first-order chi connectivity index (χ1) is 6.24. The summed E-state index contributed by atoms with van der Waals surface area (Å²) in [6.45, 7) is 7.87. The smallest absolute Gasteiger partial charge is 0.403 e. The maximum Gasteiger partial charge on any atom is 0.458 e. The summed E-state index contributed by atoms with van der Waals surface area (Å²) in [6.07, 6.45) is 0.0890. The van der Waals surface area contributed by atoms with Crippen molar-refractivity contribution < 1.29 is 15.5 Å². The Balaban J connectivity index is 2.51. The molecule has 1 rings (SSSR count). The first kappa shape index (κ1) is 9.22. The number of carbonyl (C=O) groups excluding carboxylic acids is 1. The van der Waals surface area contributed by atoms with Gasteiger partial charge < -0.3 is 14.1 Å². The highest BCUT2D eigenvalue weighted by molar-refractivity contribution is 6.45. The highest BCUT2D eigenvalue weighted by Crippen LogP contribution is 2.37. The first-order valence-corrected chi connectivity index (χ1v) is 4.60. The lowest BCUT2D eigenvalue weighted by atomic mass is 9.83. The fourth-order valence-corrected chi connectivity index (χ4v) is 1.26. The molecule has 74 valence electrons. The van der Waals surface area contributed by atoms with Crippen LogP contribution in [-0.4, -0.2) is 24.6 Å². The van der Waals surface area contributed by atoms with E-state index < -0.39 is 6.26 Å². The highest BCUT2D eigenvalue weighted by atomic mass is 16.7. The van der Waals surface area contributed by atoms with E-state index in [0.29, 0.717) is 6.32 Å². The van der Waals surface area contributed by atoms with Crippen LogP contribution in [0.15, 0.2) is 0 Å². The van der Waals surface area contributed by atoms with Crippen LogP contribution >= 0.6 is 0 Å². The van der Waals surface area contributed by atoms with Gasteiger partial charge >= 0.3 is 7.12 Å². The Labute approximate surface area is 81.3 Å². The number of rotatable bonds is 3. The molecule has 0 bridgehead atoms. The Bertz CT molecular complexity index is 224. The zero-order valence-electron chi connectivity index (χ0n) is 9.72. The van der Waals surface area contributed by atoms with Crippen molar-refractivity contribution in [1.29, 1.82) is 0 Å². The molecule has 1 heterocycles. The van der Waals surface area contributed by atoms with Gasteiger partial charge in [0, 0.05) is 6.42 Å². The Morgan fingerprint density at radius 1 is 1.31 bits per heavy atom. The molecule has 0 unspecified atom stereocenters. The van der Waals surface area contributed by atoms with E-state index in [4.69, 9.17) is 10.7 Å². The summed E-state index contributed by atoms with van der Waals surface area (Å²) in [4.78, 5) is 10.5. The highest BCUT2D eigenvalue weighted by Gasteiger charge is 2.50. The second-order valence-electron chi connectivity index (χ2n) is 4.37. The van der Waals surface area contributed by atoms with E-state index in [-0.39, 0.29) is 24.7 Å². The van der Waals surface area contributed by atoms with Crippen LogP contribution in [0.5, 0.6) is 0 Å². The van der Waals surface area contributed by atoms with Crippen LogP contribution in [0.1, 0.15) is 35.5 Å². The predicted molar refractivity (Wildman–Crippen MR) is 51.6 cm³/mol. The molecule has 0 spiro atoms.